The van der Waals surface area contributed by atoms with Crippen LogP contribution in [0.4, 0.5) is 0 Å². The highest BCUT2D eigenvalue weighted by Gasteiger charge is 2.28. The largest absolute Gasteiger partial charge is 0.342 e. The molecule has 3 rings (SSSR count). The van der Waals surface area contributed by atoms with Crippen LogP contribution in [0.1, 0.15) is 37.1 Å². The number of hydrogen-bond acceptors (Lipinski definition) is 2. The molecule has 0 spiro atoms. The number of aromatic nitrogens is 2. The van der Waals surface area contributed by atoms with E-state index in [1.165, 1.54) is 30.5 Å². The molecule has 0 aliphatic carbocycles. The van der Waals surface area contributed by atoms with Crippen LogP contribution in [0.3, 0.4) is 0 Å². The first kappa shape index (κ1) is 13.4. The van der Waals surface area contributed by atoms with Gasteiger partial charge in [-0.2, -0.15) is 0 Å². The van der Waals surface area contributed by atoms with Gasteiger partial charge in [0.15, 0.2) is 0 Å². The molecule has 1 aliphatic rings. The van der Waals surface area contributed by atoms with E-state index in [1.807, 2.05) is 6.20 Å². The highest BCUT2D eigenvalue weighted by molar-refractivity contribution is 5.58. The monoisotopic (exact) mass is 269 g/mol. The van der Waals surface area contributed by atoms with Gasteiger partial charge in [-0.05, 0) is 45.8 Å². The second-order valence-electron chi connectivity index (χ2n) is 6.02. The lowest BCUT2D eigenvalue weighted by Gasteiger charge is -2.35. The molecule has 1 fully saturated rings. The first-order valence-corrected chi connectivity index (χ1v) is 7.47. The molecule has 1 aromatic heterocycles. The lowest BCUT2D eigenvalue weighted by Crippen LogP contribution is -2.39. The SMILES string of the molecule is Cc1ccc(-c2cnc([C@@H]3CCCN(C)[C@@H]3C)[nH]2)cc1. The summed E-state index contributed by atoms with van der Waals surface area (Å²) >= 11 is 0. The lowest BCUT2D eigenvalue weighted by molar-refractivity contribution is 0.170. The van der Waals surface area contributed by atoms with Crippen molar-refractivity contribution in [2.75, 3.05) is 13.6 Å². The van der Waals surface area contributed by atoms with Crippen LogP contribution in [-0.4, -0.2) is 34.5 Å². The number of likely N-dealkylation sites (N-methyl/N-ethyl adjacent to an activating group) is 1. The number of likely N-dealkylation sites (tertiary alicyclic amines) is 1. The standard InChI is InChI=1S/C17H23N3/c1-12-6-8-14(9-7-12)16-11-18-17(19-16)15-5-4-10-20(3)13(15)2/h6-9,11,13,15H,4-5,10H2,1-3H3,(H,18,19)/t13-,15-/m1/s1. The Kier molecular flexibility index (Phi) is 3.62. The fourth-order valence-corrected chi connectivity index (χ4v) is 3.08. The third-order valence-corrected chi connectivity index (χ3v) is 4.61. The van der Waals surface area contributed by atoms with E-state index >= 15 is 0 Å². The molecule has 1 aromatic carbocycles. The van der Waals surface area contributed by atoms with Crippen molar-refractivity contribution in [3.8, 4) is 11.3 Å². The molecular formula is C17H23N3. The van der Waals surface area contributed by atoms with Gasteiger partial charge in [-0.3, -0.25) is 0 Å². The zero-order valence-electron chi connectivity index (χ0n) is 12.6. The van der Waals surface area contributed by atoms with Crippen molar-refractivity contribution in [3.63, 3.8) is 0 Å². The van der Waals surface area contributed by atoms with Crippen LogP contribution in [0, 0.1) is 6.92 Å². The Morgan fingerprint density at radius 3 is 2.75 bits per heavy atom. The van der Waals surface area contributed by atoms with Crippen LogP contribution < -0.4 is 0 Å². The fourth-order valence-electron chi connectivity index (χ4n) is 3.08. The van der Waals surface area contributed by atoms with E-state index in [9.17, 15) is 0 Å². The van der Waals surface area contributed by atoms with Crippen molar-refractivity contribution in [1.29, 1.82) is 0 Å². The van der Waals surface area contributed by atoms with Gasteiger partial charge in [-0.1, -0.05) is 29.8 Å². The Balaban J connectivity index is 1.84. The number of piperidine rings is 1. The molecule has 0 saturated carbocycles. The molecule has 0 amide bonds. The molecule has 0 radical (unpaired) electrons. The molecule has 0 bridgehead atoms. The number of imidazole rings is 1. The highest BCUT2D eigenvalue weighted by atomic mass is 15.1. The Morgan fingerprint density at radius 2 is 2.00 bits per heavy atom. The van der Waals surface area contributed by atoms with E-state index in [2.05, 4.69) is 60.0 Å². The van der Waals surface area contributed by atoms with Crippen molar-refractivity contribution in [3.05, 3.63) is 41.9 Å². The van der Waals surface area contributed by atoms with E-state index in [1.54, 1.807) is 0 Å². The molecule has 2 heterocycles. The average Bonchev–Trinajstić information content (AvgIpc) is 2.92. The number of nitrogens with one attached hydrogen (secondary N) is 1. The van der Waals surface area contributed by atoms with Gasteiger partial charge in [0.25, 0.3) is 0 Å². The average molecular weight is 269 g/mol. The number of benzene rings is 1. The maximum absolute atomic E-state index is 4.64. The summed E-state index contributed by atoms with van der Waals surface area (Å²) in [6.07, 6.45) is 4.46. The van der Waals surface area contributed by atoms with Crippen LogP contribution in [0.25, 0.3) is 11.3 Å². The van der Waals surface area contributed by atoms with Crippen molar-refractivity contribution < 1.29 is 0 Å². The Labute approximate surface area is 121 Å². The Hall–Kier alpha value is -1.61. The van der Waals surface area contributed by atoms with Gasteiger partial charge in [0.2, 0.25) is 0 Å². The van der Waals surface area contributed by atoms with E-state index < -0.39 is 0 Å². The lowest BCUT2D eigenvalue weighted by atomic mass is 9.90. The van der Waals surface area contributed by atoms with Crippen molar-refractivity contribution in [2.45, 2.75) is 38.6 Å². The summed E-state index contributed by atoms with van der Waals surface area (Å²) in [5.41, 5.74) is 3.63. The summed E-state index contributed by atoms with van der Waals surface area (Å²) < 4.78 is 0. The third kappa shape index (κ3) is 2.50. The first-order valence-electron chi connectivity index (χ1n) is 7.47. The van der Waals surface area contributed by atoms with Gasteiger partial charge in [0, 0.05) is 12.0 Å². The van der Waals surface area contributed by atoms with Gasteiger partial charge in [-0.15, -0.1) is 0 Å². The number of hydrogen-bond donors (Lipinski definition) is 1. The number of H-pyrrole nitrogens is 1. The van der Waals surface area contributed by atoms with Gasteiger partial charge >= 0.3 is 0 Å². The van der Waals surface area contributed by atoms with E-state index in [-0.39, 0.29) is 0 Å². The van der Waals surface area contributed by atoms with Crippen LogP contribution in [-0.2, 0) is 0 Å². The van der Waals surface area contributed by atoms with Crippen molar-refractivity contribution in [2.24, 2.45) is 0 Å². The maximum Gasteiger partial charge on any atom is 0.111 e. The molecular weight excluding hydrogens is 246 g/mol. The Morgan fingerprint density at radius 1 is 1.25 bits per heavy atom. The molecule has 1 aliphatic heterocycles. The minimum atomic E-state index is 0.521. The minimum Gasteiger partial charge on any atom is -0.342 e. The predicted molar refractivity (Wildman–Crippen MR) is 82.8 cm³/mol. The summed E-state index contributed by atoms with van der Waals surface area (Å²) in [5, 5.41) is 0. The van der Waals surface area contributed by atoms with Crippen LogP contribution in [0.5, 0.6) is 0 Å². The zero-order chi connectivity index (χ0) is 14.1. The summed E-state index contributed by atoms with van der Waals surface area (Å²) in [4.78, 5) is 10.6. The highest BCUT2D eigenvalue weighted by Crippen LogP contribution is 2.31. The van der Waals surface area contributed by atoms with E-state index in [4.69, 9.17) is 0 Å². The maximum atomic E-state index is 4.64. The Bertz CT molecular complexity index is 570. The summed E-state index contributed by atoms with van der Waals surface area (Å²) in [7, 11) is 2.21. The summed E-state index contributed by atoms with van der Waals surface area (Å²) in [6.45, 7) is 5.61. The molecule has 3 heteroatoms. The van der Waals surface area contributed by atoms with Gasteiger partial charge in [-0.25, -0.2) is 4.98 Å². The van der Waals surface area contributed by atoms with Gasteiger partial charge < -0.3 is 9.88 Å². The van der Waals surface area contributed by atoms with Crippen LogP contribution in [0.2, 0.25) is 0 Å². The minimum absolute atomic E-state index is 0.521. The van der Waals surface area contributed by atoms with E-state index in [0.29, 0.717) is 12.0 Å². The second kappa shape index (κ2) is 5.41. The topological polar surface area (TPSA) is 31.9 Å². The van der Waals surface area contributed by atoms with Crippen LogP contribution in [0.15, 0.2) is 30.5 Å². The number of rotatable bonds is 2. The number of aryl methyl sites for hydroxylation is 1. The van der Waals surface area contributed by atoms with Crippen LogP contribution >= 0.6 is 0 Å². The normalized spacial score (nSPS) is 23.9. The molecule has 2 atom stereocenters. The zero-order valence-corrected chi connectivity index (χ0v) is 12.6. The molecule has 1 saturated heterocycles. The molecule has 106 valence electrons. The van der Waals surface area contributed by atoms with Gasteiger partial charge in [0.1, 0.15) is 5.82 Å². The van der Waals surface area contributed by atoms with E-state index in [0.717, 1.165) is 11.5 Å². The van der Waals surface area contributed by atoms with Gasteiger partial charge in [0.05, 0.1) is 11.9 Å². The molecule has 0 unspecified atom stereocenters. The molecule has 1 N–H and O–H groups in total. The molecule has 3 nitrogen and oxygen atoms in total. The summed E-state index contributed by atoms with van der Waals surface area (Å²) in [6, 6.07) is 9.16. The number of aromatic amines is 1. The second-order valence-corrected chi connectivity index (χ2v) is 6.02. The smallest absolute Gasteiger partial charge is 0.111 e. The quantitative estimate of drug-likeness (QED) is 0.903. The number of nitrogens with zero attached hydrogens (tertiary/aromatic N) is 2. The first-order chi connectivity index (χ1) is 9.65. The third-order valence-electron chi connectivity index (χ3n) is 4.61. The van der Waals surface area contributed by atoms with Crippen molar-refractivity contribution >= 4 is 0 Å². The molecule has 20 heavy (non-hydrogen) atoms. The predicted octanol–water partition coefficient (Wildman–Crippen LogP) is 3.58. The van der Waals surface area contributed by atoms with Crippen molar-refractivity contribution in [1.82, 2.24) is 14.9 Å². The molecule has 2 aromatic rings. The fraction of sp³-hybridized carbons (Fsp3) is 0.471. The summed E-state index contributed by atoms with van der Waals surface area (Å²) in [5.74, 6) is 1.66.